The van der Waals surface area contributed by atoms with Gasteiger partial charge in [0.15, 0.2) is 35.7 Å². The lowest BCUT2D eigenvalue weighted by molar-refractivity contribution is -0.686. The summed E-state index contributed by atoms with van der Waals surface area (Å²) in [6, 6.07) is 18.1. The van der Waals surface area contributed by atoms with Crippen molar-refractivity contribution < 1.29 is 28.4 Å². The van der Waals surface area contributed by atoms with Crippen LogP contribution in [-0.4, -0.2) is 53.0 Å². The summed E-state index contributed by atoms with van der Waals surface area (Å²) in [5.41, 5.74) is 4.61. The normalized spacial score (nSPS) is 13.1. The summed E-state index contributed by atoms with van der Waals surface area (Å²) in [6.45, 7) is 3.92. The highest BCUT2D eigenvalue weighted by Gasteiger charge is 2.28. The summed E-state index contributed by atoms with van der Waals surface area (Å²) in [5.74, 6) is 2.77. The molecule has 45 heavy (non-hydrogen) atoms. The number of nitrogens with zero attached hydrogens (tertiary/aromatic N) is 5. The molecule has 4 heterocycles. The van der Waals surface area contributed by atoms with E-state index in [1.165, 1.54) is 18.1 Å². The number of aromatic nitrogens is 3. The van der Waals surface area contributed by atoms with Gasteiger partial charge in [-0.05, 0) is 62.8 Å². The first-order chi connectivity index (χ1) is 21.9. The number of pyridine rings is 1. The molecule has 0 N–H and O–H groups in total. The molecule has 2 aliphatic heterocycles. The van der Waals surface area contributed by atoms with Gasteiger partial charge in [0, 0.05) is 43.7 Å². The van der Waals surface area contributed by atoms with Crippen molar-refractivity contribution in [1.82, 2.24) is 14.5 Å². The first-order valence-corrected chi connectivity index (χ1v) is 15.1. The number of ether oxygens (including phenoxy) is 4. The minimum atomic E-state index is -0.489. The van der Waals surface area contributed by atoms with Crippen LogP contribution in [0.3, 0.4) is 0 Å². The first-order valence-electron chi connectivity index (χ1n) is 14.7. The van der Waals surface area contributed by atoms with E-state index in [4.69, 9.17) is 30.5 Å². The van der Waals surface area contributed by atoms with E-state index in [1.807, 2.05) is 30.3 Å². The zero-order valence-electron chi connectivity index (χ0n) is 24.6. The monoisotopic (exact) mass is 628 g/mol. The second kappa shape index (κ2) is 12.3. The maximum atomic E-state index is 11.1. The molecular formula is C33H31ClN5O6+. The molecule has 230 valence electrons. The topological polar surface area (TPSA) is 105 Å². The Hall–Kier alpha value is -4.87. The maximum Gasteiger partial charge on any atom is 0.381 e. The molecule has 0 saturated heterocycles. The Labute approximate surface area is 264 Å². The van der Waals surface area contributed by atoms with E-state index in [0.29, 0.717) is 49.3 Å². The summed E-state index contributed by atoms with van der Waals surface area (Å²) in [6.07, 6.45) is 5.96. The van der Waals surface area contributed by atoms with Crippen LogP contribution in [0.25, 0.3) is 22.0 Å². The van der Waals surface area contributed by atoms with Gasteiger partial charge in [-0.1, -0.05) is 23.7 Å². The molecule has 0 amide bonds. The molecule has 0 aliphatic carbocycles. The molecule has 0 fully saturated rings. The number of nitro groups is 1. The van der Waals surface area contributed by atoms with Crippen LogP contribution in [0.2, 0.25) is 5.02 Å². The van der Waals surface area contributed by atoms with E-state index in [2.05, 4.69) is 44.9 Å². The molecule has 2 aliphatic rings. The number of aryl methyl sites for hydroxylation is 2. The van der Waals surface area contributed by atoms with E-state index < -0.39 is 4.92 Å². The van der Waals surface area contributed by atoms with E-state index in [-0.39, 0.29) is 12.6 Å². The van der Waals surface area contributed by atoms with Gasteiger partial charge < -0.3 is 33.6 Å². The van der Waals surface area contributed by atoms with Crippen molar-refractivity contribution in [2.75, 3.05) is 33.6 Å². The largest absolute Gasteiger partial charge is 0.493 e. The first kappa shape index (κ1) is 28.9. The average Bonchev–Trinajstić information content (AvgIpc) is 3.72. The van der Waals surface area contributed by atoms with Crippen LogP contribution in [-0.2, 0) is 26.1 Å². The Morgan fingerprint density at radius 3 is 2.71 bits per heavy atom. The Kier molecular flexibility index (Phi) is 7.86. The SMILES string of the molecule is COc1ccc2cc3[n+](cc2c1OCCN(CCn1cnc([N+](=O)[O-])c1)Cc1ccc(Cl)cc1)CCc1cc2c(cc1-3)OCO2. The Morgan fingerprint density at radius 2 is 1.93 bits per heavy atom. The fraction of sp³-hybridized carbons (Fsp3) is 0.273. The van der Waals surface area contributed by atoms with E-state index in [9.17, 15) is 10.1 Å². The number of halogens is 1. The smallest absolute Gasteiger partial charge is 0.381 e. The van der Waals surface area contributed by atoms with Gasteiger partial charge in [-0.25, -0.2) is 0 Å². The highest BCUT2D eigenvalue weighted by molar-refractivity contribution is 6.30. The van der Waals surface area contributed by atoms with Crippen LogP contribution >= 0.6 is 11.6 Å². The lowest BCUT2D eigenvalue weighted by Gasteiger charge is -2.23. The lowest BCUT2D eigenvalue weighted by Crippen LogP contribution is -2.40. The molecule has 0 atom stereocenters. The summed E-state index contributed by atoms with van der Waals surface area (Å²) in [5, 5.41) is 13.8. The van der Waals surface area contributed by atoms with Crippen LogP contribution < -0.4 is 23.5 Å². The number of hydrogen-bond acceptors (Lipinski definition) is 8. The average molecular weight is 629 g/mol. The van der Waals surface area contributed by atoms with Crippen LogP contribution in [0.5, 0.6) is 23.0 Å². The Morgan fingerprint density at radius 1 is 1.11 bits per heavy atom. The van der Waals surface area contributed by atoms with Gasteiger partial charge in [-0.2, -0.15) is 4.57 Å². The number of methoxy groups -OCH3 is 1. The third kappa shape index (κ3) is 5.96. The van der Waals surface area contributed by atoms with E-state index in [1.54, 1.807) is 11.7 Å². The predicted molar refractivity (Wildman–Crippen MR) is 167 cm³/mol. The van der Waals surface area contributed by atoms with Crippen molar-refractivity contribution in [2.45, 2.75) is 26.1 Å². The minimum absolute atomic E-state index is 0.166. The van der Waals surface area contributed by atoms with Gasteiger partial charge in [-0.15, -0.1) is 0 Å². The molecule has 5 aromatic rings. The highest BCUT2D eigenvalue weighted by Crippen LogP contribution is 2.41. The van der Waals surface area contributed by atoms with E-state index >= 15 is 0 Å². The van der Waals surface area contributed by atoms with Crippen molar-refractivity contribution in [1.29, 1.82) is 0 Å². The molecule has 0 unspecified atom stereocenters. The fourth-order valence-electron chi connectivity index (χ4n) is 5.92. The summed E-state index contributed by atoms with van der Waals surface area (Å²) in [7, 11) is 1.65. The summed E-state index contributed by atoms with van der Waals surface area (Å²) >= 11 is 6.11. The van der Waals surface area contributed by atoms with Crippen LogP contribution in [0.15, 0.2) is 73.3 Å². The van der Waals surface area contributed by atoms with Gasteiger partial charge in [-0.3, -0.25) is 4.90 Å². The molecule has 3 aromatic carbocycles. The number of imidazole rings is 1. The van der Waals surface area contributed by atoms with Crippen LogP contribution in [0.4, 0.5) is 5.82 Å². The molecule has 0 bridgehead atoms. The fourth-order valence-corrected chi connectivity index (χ4v) is 6.05. The molecule has 11 nitrogen and oxygen atoms in total. The zero-order chi connectivity index (χ0) is 30.9. The summed E-state index contributed by atoms with van der Waals surface area (Å²) < 4.78 is 27.5. The van der Waals surface area contributed by atoms with Crippen molar-refractivity contribution in [3.05, 3.63) is 99.6 Å². The van der Waals surface area contributed by atoms with Gasteiger partial charge in [0.1, 0.15) is 12.8 Å². The summed E-state index contributed by atoms with van der Waals surface area (Å²) in [4.78, 5) is 16.7. The third-order valence-corrected chi connectivity index (χ3v) is 8.50. The molecule has 0 spiro atoms. The zero-order valence-corrected chi connectivity index (χ0v) is 25.4. The molecule has 2 aromatic heterocycles. The van der Waals surface area contributed by atoms with E-state index in [0.717, 1.165) is 52.1 Å². The van der Waals surface area contributed by atoms with Gasteiger partial charge in [0.05, 0.1) is 18.1 Å². The molecule has 7 rings (SSSR count). The Balaban J connectivity index is 1.12. The lowest BCUT2D eigenvalue weighted by atomic mass is 9.95. The molecule has 12 heteroatoms. The van der Waals surface area contributed by atoms with Gasteiger partial charge >= 0.3 is 5.82 Å². The van der Waals surface area contributed by atoms with Gasteiger partial charge in [0.2, 0.25) is 18.8 Å². The van der Waals surface area contributed by atoms with Crippen molar-refractivity contribution >= 4 is 28.2 Å². The number of benzene rings is 3. The third-order valence-electron chi connectivity index (χ3n) is 8.25. The number of rotatable bonds is 11. The van der Waals surface area contributed by atoms with Crippen molar-refractivity contribution in [2.24, 2.45) is 0 Å². The van der Waals surface area contributed by atoms with Crippen LogP contribution in [0, 0.1) is 10.1 Å². The minimum Gasteiger partial charge on any atom is -0.493 e. The number of fused-ring (bicyclic) bond motifs is 5. The van der Waals surface area contributed by atoms with Crippen molar-refractivity contribution in [3.63, 3.8) is 0 Å². The molecular weight excluding hydrogens is 598 g/mol. The van der Waals surface area contributed by atoms with Crippen molar-refractivity contribution in [3.8, 4) is 34.3 Å². The Bertz CT molecular complexity index is 1890. The quantitative estimate of drug-likeness (QED) is 0.108. The highest BCUT2D eigenvalue weighted by atomic mass is 35.5. The molecule has 0 saturated carbocycles. The number of hydrogen-bond donors (Lipinski definition) is 0. The van der Waals surface area contributed by atoms with Crippen LogP contribution in [0.1, 0.15) is 11.1 Å². The maximum absolute atomic E-state index is 11.1. The second-order valence-corrected chi connectivity index (χ2v) is 11.5. The standard InChI is InChI=1S/C33H31ClN5O6/c1-42-29-7-4-23-14-28-26-16-31-30(44-21-45-31)15-24(26)8-9-38(28)18-27(23)33(29)43-13-12-36(17-22-2-5-25(34)6-3-22)10-11-37-19-32(35-20-37)39(40)41/h2-7,14-16,18-20H,8-13,17,21H2,1H3/q+1. The second-order valence-electron chi connectivity index (χ2n) is 11.0. The van der Waals surface area contributed by atoms with Gasteiger partial charge in [0.25, 0.3) is 0 Å². The predicted octanol–water partition coefficient (Wildman–Crippen LogP) is 5.43. The molecule has 0 radical (unpaired) electrons.